The third kappa shape index (κ3) is 1.37. The van der Waals surface area contributed by atoms with E-state index in [4.69, 9.17) is 11.6 Å². The summed E-state index contributed by atoms with van der Waals surface area (Å²) in [7, 11) is 1.70. The number of hydrogen-bond acceptors (Lipinski definition) is 4. The van der Waals surface area contributed by atoms with E-state index in [0.29, 0.717) is 16.5 Å². The molecule has 0 aliphatic heterocycles. The number of tetrazole rings is 1. The summed E-state index contributed by atoms with van der Waals surface area (Å²) < 4.78 is 1.67. The highest BCUT2D eigenvalue weighted by Crippen LogP contribution is 2.23. The van der Waals surface area contributed by atoms with Crippen molar-refractivity contribution in [3.05, 3.63) is 11.3 Å². The van der Waals surface area contributed by atoms with Crippen molar-refractivity contribution >= 4 is 11.6 Å². The first kappa shape index (κ1) is 9.14. The van der Waals surface area contributed by atoms with Gasteiger partial charge >= 0.3 is 0 Å². The molecule has 74 valence electrons. The van der Waals surface area contributed by atoms with Gasteiger partial charge in [0.2, 0.25) is 5.82 Å². The van der Waals surface area contributed by atoms with Crippen molar-refractivity contribution in [2.75, 3.05) is 0 Å². The number of aromatic nitrogens is 6. The summed E-state index contributed by atoms with van der Waals surface area (Å²) in [5, 5.41) is 16.3. The molecule has 2 rings (SSSR count). The maximum atomic E-state index is 6.05. The molecule has 2 heterocycles. The van der Waals surface area contributed by atoms with Gasteiger partial charge < -0.3 is 0 Å². The van der Waals surface area contributed by atoms with Crippen LogP contribution >= 0.6 is 11.6 Å². The number of halogens is 1. The van der Waals surface area contributed by atoms with E-state index < -0.39 is 0 Å². The molecule has 0 N–H and O–H groups in total. The van der Waals surface area contributed by atoms with E-state index in [9.17, 15) is 0 Å². The van der Waals surface area contributed by atoms with Crippen molar-refractivity contribution in [3.63, 3.8) is 0 Å². The van der Waals surface area contributed by atoms with Gasteiger partial charge in [-0.3, -0.25) is 4.68 Å². The minimum Gasteiger partial charge on any atom is -0.254 e. The van der Waals surface area contributed by atoms with Crippen LogP contribution in [0.5, 0.6) is 0 Å². The number of rotatable bonds is 2. The Morgan fingerprint density at radius 2 is 2.29 bits per heavy atom. The second-order valence-corrected chi connectivity index (χ2v) is 3.13. The topological polar surface area (TPSA) is 61.4 Å². The minimum absolute atomic E-state index is 0.497. The average molecular weight is 213 g/mol. The number of nitrogens with zero attached hydrogens (tertiary/aromatic N) is 6. The van der Waals surface area contributed by atoms with Gasteiger partial charge in [-0.05, 0) is 12.1 Å². The summed E-state index contributed by atoms with van der Waals surface area (Å²) in [4.78, 5) is 1.38. The first-order valence-corrected chi connectivity index (χ1v) is 4.56. The monoisotopic (exact) mass is 212 g/mol. The molecule has 14 heavy (non-hydrogen) atoms. The van der Waals surface area contributed by atoms with Crippen molar-refractivity contribution < 1.29 is 0 Å². The number of hydrogen-bond donors (Lipinski definition) is 0. The molecule has 0 atom stereocenters. The first-order chi connectivity index (χ1) is 6.72. The molecular weight excluding hydrogens is 204 g/mol. The number of aryl methyl sites for hydroxylation is 2. The molecule has 2 aromatic heterocycles. The summed E-state index contributed by atoms with van der Waals surface area (Å²) >= 11 is 6.05. The fourth-order valence-electron chi connectivity index (χ4n) is 1.13. The molecule has 0 spiro atoms. The highest BCUT2D eigenvalue weighted by atomic mass is 35.5. The van der Waals surface area contributed by atoms with Crippen LogP contribution in [-0.4, -0.2) is 30.0 Å². The Morgan fingerprint density at radius 3 is 2.79 bits per heavy atom. The van der Waals surface area contributed by atoms with Gasteiger partial charge in [0.25, 0.3) is 0 Å². The molecule has 0 amide bonds. The molecular formula is C7H9ClN6. The van der Waals surface area contributed by atoms with E-state index in [0.717, 1.165) is 6.54 Å². The van der Waals surface area contributed by atoms with Gasteiger partial charge in [-0.25, -0.2) is 0 Å². The molecule has 0 radical (unpaired) electrons. The van der Waals surface area contributed by atoms with Crippen LogP contribution in [0.3, 0.4) is 0 Å². The van der Waals surface area contributed by atoms with E-state index in [2.05, 4.69) is 20.5 Å². The van der Waals surface area contributed by atoms with E-state index in [1.807, 2.05) is 6.92 Å². The summed E-state index contributed by atoms with van der Waals surface area (Å²) in [6, 6.07) is 0. The predicted octanol–water partition coefficient (Wildman–Crippen LogP) is 0.747. The predicted molar refractivity (Wildman–Crippen MR) is 50.7 cm³/mol. The molecule has 0 saturated heterocycles. The summed E-state index contributed by atoms with van der Waals surface area (Å²) in [5.74, 6) is 0.497. The van der Waals surface area contributed by atoms with Gasteiger partial charge in [-0.2, -0.15) is 9.90 Å². The molecule has 0 bridgehead atoms. The lowest BCUT2D eigenvalue weighted by molar-refractivity contribution is 0.630. The summed E-state index contributed by atoms with van der Waals surface area (Å²) in [5.41, 5.74) is 0.710. The highest BCUT2D eigenvalue weighted by molar-refractivity contribution is 6.32. The van der Waals surface area contributed by atoms with E-state index in [1.54, 1.807) is 17.9 Å². The second kappa shape index (κ2) is 3.38. The Morgan fingerprint density at radius 1 is 1.50 bits per heavy atom. The largest absolute Gasteiger partial charge is 0.254 e. The maximum Gasteiger partial charge on any atom is 0.209 e. The minimum atomic E-state index is 0.497. The Hall–Kier alpha value is -1.43. The van der Waals surface area contributed by atoms with Crippen LogP contribution in [0, 0.1) is 0 Å². The zero-order valence-electron chi connectivity index (χ0n) is 7.85. The van der Waals surface area contributed by atoms with E-state index in [1.165, 1.54) is 4.80 Å². The first-order valence-electron chi connectivity index (χ1n) is 4.18. The van der Waals surface area contributed by atoms with Crippen molar-refractivity contribution in [2.45, 2.75) is 13.5 Å². The molecule has 0 saturated carbocycles. The molecule has 6 nitrogen and oxygen atoms in total. The van der Waals surface area contributed by atoms with Crippen molar-refractivity contribution in [1.29, 1.82) is 0 Å². The molecule has 0 unspecified atom stereocenters. The van der Waals surface area contributed by atoms with Crippen molar-refractivity contribution in [2.24, 2.45) is 7.05 Å². The van der Waals surface area contributed by atoms with Crippen LogP contribution in [-0.2, 0) is 13.6 Å². The smallest absolute Gasteiger partial charge is 0.209 e. The fourth-order valence-corrected chi connectivity index (χ4v) is 1.43. The van der Waals surface area contributed by atoms with Gasteiger partial charge in [0.05, 0.1) is 18.8 Å². The van der Waals surface area contributed by atoms with Crippen LogP contribution in [0.1, 0.15) is 6.92 Å². The Balaban J connectivity index is 2.46. The van der Waals surface area contributed by atoms with Gasteiger partial charge in [0.15, 0.2) is 0 Å². The third-order valence-corrected chi connectivity index (χ3v) is 2.22. The van der Waals surface area contributed by atoms with E-state index >= 15 is 0 Å². The highest BCUT2D eigenvalue weighted by Gasteiger charge is 2.13. The normalized spacial score (nSPS) is 10.8. The molecule has 0 aliphatic rings. The van der Waals surface area contributed by atoms with Gasteiger partial charge in [0, 0.05) is 6.54 Å². The van der Waals surface area contributed by atoms with E-state index in [-0.39, 0.29) is 0 Å². The standard InChI is InChI=1S/C7H9ClN6/c1-3-14-6(8)5(4-9-14)7-10-12-13(2)11-7/h4H,3H2,1-2H3. The average Bonchev–Trinajstić information content (AvgIpc) is 2.72. The lowest BCUT2D eigenvalue weighted by Crippen LogP contribution is -1.95. The zero-order valence-corrected chi connectivity index (χ0v) is 8.60. The lowest BCUT2D eigenvalue weighted by Gasteiger charge is -1.95. The van der Waals surface area contributed by atoms with Crippen molar-refractivity contribution in [1.82, 2.24) is 30.0 Å². The van der Waals surface area contributed by atoms with Crippen LogP contribution in [0.4, 0.5) is 0 Å². The SMILES string of the molecule is CCn1ncc(-c2nnn(C)n2)c1Cl. The molecule has 0 aliphatic carbocycles. The quantitative estimate of drug-likeness (QED) is 0.737. The van der Waals surface area contributed by atoms with Crippen molar-refractivity contribution in [3.8, 4) is 11.4 Å². The van der Waals surface area contributed by atoms with Crippen LogP contribution in [0.2, 0.25) is 5.15 Å². The van der Waals surface area contributed by atoms with Gasteiger partial charge in [-0.1, -0.05) is 11.6 Å². The fraction of sp³-hybridized carbons (Fsp3) is 0.429. The third-order valence-electron chi connectivity index (χ3n) is 1.82. The van der Waals surface area contributed by atoms with Gasteiger partial charge in [-0.15, -0.1) is 10.2 Å². The summed E-state index contributed by atoms with van der Waals surface area (Å²) in [6.07, 6.45) is 1.64. The molecule has 0 fully saturated rings. The maximum absolute atomic E-state index is 6.05. The molecule has 0 aromatic carbocycles. The summed E-state index contributed by atoms with van der Waals surface area (Å²) in [6.45, 7) is 2.69. The zero-order chi connectivity index (χ0) is 10.1. The van der Waals surface area contributed by atoms with Gasteiger partial charge in [0.1, 0.15) is 5.15 Å². The Bertz CT molecular complexity index is 445. The second-order valence-electron chi connectivity index (χ2n) is 2.77. The Labute approximate surface area is 85.5 Å². The Kier molecular flexibility index (Phi) is 2.20. The molecule has 2 aromatic rings. The molecule has 7 heteroatoms. The lowest BCUT2D eigenvalue weighted by atomic mass is 10.3. The van der Waals surface area contributed by atoms with Crippen LogP contribution < -0.4 is 0 Å². The van der Waals surface area contributed by atoms with Crippen LogP contribution in [0.25, 0.3) is 11.4 Å². The van der Waals surface area contributed by atoms with Crippen LogP contribution in [0.15, 0.2) is 6.20 Å².